The van der Waals surface area contributed by atoms with Crippen LogP contribution in [0.3, 0.4) is 0 Å². The minimum absolute atomic E-state index is 0.00174. The van der Waals surface area contributed by atoms with Crippen LogP contribution in [0.2, 0.25) is 5.02 Å². The van der Waals surface area contributed by atoms with Gasteiger partial charge in [-0.15, -0.1) is 11.3 Å². The highest BCUT2D eigenvalue weighted by atomic mass is 35.5. The van der Waals surface area contributed by atoms with Crippen molar-refractivity contribution >= 4 is 34.7 Å². The van der Waals surface area contributed by atoms with Crippen molar-refractivity contribution in [1.82, 2.24) is 4.98 Å². The van der Waals surface area contributed by atoms with Crippen molar-refractivity contribution in [1.29, 1.82) is 5.26 Å². The zero-order chi connectivity index (χ0) is 15.5. The molecule has 0 saturated carbocycles. The Morgan fingerprint density at radius 3 is 2.59 bits per heavy atom. The fourth-order valence-corrected chi connectivity index (χ4v) is 3.55. The summed E-state index contributed by atoms with van der Waals surface area (Å²) in [7, 11) is 0. The van der Waals surface area contributed by atoms with Gasteiger partial charge in [-0.05, 0) is 36.4 Å². The third-order valence-corrected chi connectivity index (χ3v) is 5.10. The van der Waals surface area contributed by atoms with Crippen LogP contribution in [0.15, 0.2) is 57.6 Å². The quantitative estimate of drug-likeness (QED) is 0.710. The Bertz CT molecular complexity index is 853. The number of hydrogen-bond donors (Lipinski definition) is 1. The normalized spacial score (nSPS) is 10.4. The molecule has 0 amide bonds. The summed E-state index contributed by atoms with van der Waals surface area (Å²) < 4.78 is 0. The zero-order valence-electron chi connectivity index (χ0n) is 11.2. The smallest absolute Gasteiger partial charge is 0.222 e. The predicted octanol–water partition coefficient (Wildman–Crippen LogP) is 5.19. The van der Waals surface area contributed by atoms with Gasteiger partial charge in [0.05, 0.1) is 10.9 Å². The van der Waals surface area contributed by atoms with Gasteiger partial charge < -0.3 is 5.11 Å². The van der Waals surface area contributed by atoms with Crippen LogP contribution in [0.5, 0.6) is 5.88 Å². The Hall–Kier alpha value is -2.00. The van der Waals surface area contributed by atoms with Crippen molar-refractivity contribution in [2.45, 2.75) is 9.79 Å². The molecule has 0 radical (unpaired) electrons. The maximum absolute atomic E-state index is 9.37. The third-order valence-electron chi connectivity index (χ3n) is 2.88. The molecule has 1 heterocycles. The Labute approximate surface area is 140 Å². The SMILES string of the molecule is N#Cc1cc(-c2nc(O)cs2)ccc1Sc1ccc(Cl)cc1. The lowest BCUT2D eigenvalue weighted by Gasteiger charge is -2.06. The van der Waals surface area contributed by atoms with Crippen molar-refractivity contribution in [3.63, 3.8) is 0 Å². The number of aromatic nitrogens is 1. The highest BCUT2D eigenvalue weighted by Gasteiger charge is 2.09. The molecule has 0 unspecified atom stereocenters. The fourth-order valence-electron chi connectivity index (χ4n) is 1.87. The van der Waals surface area contributed by atoms with E-state index in [0.717, 1.165) is 15.4 Å². The molecule has 0 fully saturated rings. The van der Waals surface area contributed by atoms with Gasteiger partial charge in [0.2, 0.25) is 5.88 Å². The van der Waals surface area contributed by atoms with E-state index in [0.29, 0.717) is 15.6 Å². The molecule has 0 aliphatic heterocycles. The Balaban J connectivity index is 1.92. The summed E-state index contributed by atoms with van der Waals surface area (Å²) in [6.07, 6.45) is 0. The highest BCUT2D eigenvalue weighted by molar-refractivity contribution is 7.99. The largest absolute Gasteiger partial charge is 0.493 e. The predicted molar refractivity (Wildman–Crippen MR) is 89.5 cm³/mol. The summed E-state index contributed by atoms with van der Waals surface area (Å²) in [5.41, 5.74) is 1.40. The lowest BCUT2D eigenvalue weighted by atomic mass is 10.1. The molecule has 0 saturated heterocycles. The van der Waals surface area contributed by atoms with Gasteiger partial charge in [-0.1, -0.05) is 29.4 Å². The molecule has 0 spiro atoms. The molecule has 0 bridgehead atoms. The molecular formula is C16H9ClN2OS2. The molecule has 3 rings (SSSR count). The maximum Gasteiger partial charge on any atom is 0.222 e. The van der Waals surface area contributed by atoms with E-state index in [9.17, 15) is 10.4 Å². The average Bonchev–Trinajstić information content (AvgIpc) is 2.96. The van der Waals surface area contributed by atoms with E-state index in [2.05, 4.69) is 11.1 Å². The minimum atomic E-state index is -0.00174. The first kappa shape index (κ1) is 14.9. The van der Waals surface area contributed by atoms with Gasteiger partial charge in [0.25, 0.3) is 0 Å². The summed E-state index contributed by atoms with van der Waals surface area (Å²) in [5.74, 6) is -0.00174. The molecule has 0 atom stereocenters. The molecule has 6 heteroatoms. The minimum Gasteiger partial charge on any atom is -0.493 e. The second-order valence-corrected chi connectivity index (χ2v) is 6.80. The van der Waals surface area contributed by atoms with Gasteiger partial charge in [0.1, 0.15) is 11.1 Å². The van der Waals surface area contributed by atoms with Crippen molar-refractivity contribution < 1.29 is 5.11 Å². The van der Waals surface area contributed by atoms with Crippen LogP contribution < -0.4 is 0 Å². The van der Waals surface area contributed by atoms with Gasteiger partial charge in [0.15, 0.2) is 0 Å². The van der Waals surface area contributed by atoms with E-state index < -0.39 is 0 Å². The van der Waals surface area contributed by atoms with Gasteiger partial charge in [0, 0.05) is 20.4 Å². The summed E-state index contributed by atoms with van der Waals surface area (Å²) in [4.78, 5) is 5.91. The lowest BCUT2D eigenvalue weighted by molar-refractivity contribution is 0.458. The van der Waals surface area contributed by atoms with Crippen molar-refractivity contribution in [2.75, 3.05) is 0 Å². The zero-order valence-corrected chi connectivity index (χ0v) is 13.5. The topological polar surface area (TPSA) is 56.9 Å². The van der Waals surface area contributed by atoms with E-state index in [1.54, 1.807) is 11.4 Å². The van der Waals surface area contributed by atoms with Crippen LogP contribution in [-0.4, -0.2) is 10.1 Å². The summed E-state index contributed by atoms with van der Waals surface area (Å²) in [6.45, 7) is 0. The molecule has 1 N–H and O–H groups in total. The summed E-state index contributed by atoms with van der Waals surface area (Å²) >= 11 is 8.73. The van der Waals surface area contributed by atoms with E-state index in [4.69, 9.17) is 11.6 Å². The maximum atomic E-state index is 9.37. The van der Waals surface area contributed by atoms with E-state index >= 15 is 0 Å². The second-order valence-electron chi connectivity index (χ2n) is 4.39. The van der Waals surface area contributed by atoms with Crippen molar-refractivity contribution in [2.24, 2.45) is 0 Å². The standard InChI is InChI=1S/C16H9ClN2OS2/c17-12-2-4-13(5-3-12)22-14-6-1-10(7-11(14)8-18)16-19-15(20)9-21-16/h1-7,9,20H. The molecule has 1 aromatic heterocycles. The fraction of sp³-hybridized carbons (Fsp3) is 0. The highest BCUT2D eigenvalue weighted by Crippen LogP contribution is 2.34. The molecule has 3 aromatic rings. The van der Waals surface area contributed by atoms with Crippen LogP contribution in [0, 0.1) is 11.3 Å². The summed E-state index contributed by atoms with van der Waals surface area (Å²) in [5, 5.41) is 21.6. The number of benzene rings is 2. The van der Waals surface area contributed by atoms with Gasteiger partial charge in [-0.3, -0.25) is 0 Å². The number of hydrogen-bond acceptors (Lipinski definition) is 5. The lowest BCUT2D eigenvalue weighted by Crippen LogP contribution is -1.84. The summed E-state index contributed by atoms with van der Waals surface area (Å²) in [6, 6.07) is 15.3. The average molecular weight is 345 g/mol. The third kappa shape index (κ3) is 3.25. The van der Waals surface area contributed by atoms with Crippen molar-refractivity contribution in [3.05, 3.63) is 58.4 Å². The number of aromatic hydroxyl groups is 1. The molecule has 0 aliphatic carbocycles. The van der Waals surface area contributed by atoms with Crippen LogP contribution in [-0.2, 0) is 0 Å². The van der Waals surface area contributed by atoms with Crippen LogP contribution >= 0.6 is 34.7 Å². The number of halogens is 1. The Morgan fingerprint density at radius 2 is 1.95 bits per heavy atom. The van der Waals surface area contributed by atoms with E-state index in [-0.39, 0.29) is 5.88 Å². The van der Waals surface area contributed by atoms with Gasteiger partial charge in [-0.2, -0.15) is 5.26 Å². The second kappa shape index (κ2) is 6.41. The first-order valence-electron chi connectivity index (χ1n) is 6.28. The van der Waals surface area contributed by atoms with Gasteiger partial charge in [-0.25, -0.2) is 4.98 Å². The van der Waals surface area contributed by atoms with Crippen LogP contribution in [0.1, 0.15) is 5.56 Å². The van der Waals surface area contributed by atoms with Crippen LogP contribution in [0.25, 0.3) is 10.6 Å². The molecule has 22 heavy (non-hydrogen) atoms. The molecule has 108 valence electrons. The Morgan fingerprint density at radius 1 is 1.18 bits per heavy atom. The number of rotatable bonds is 3. The first-order valence-corrected chi connectivity index (χ1v) is 8.35. The van der Waals surface area contributed by atoms with Crippen LogP contribution in [0.4, 0.5) is 0 Å². The Kier molecular flexibility index (Phi) is 4.34. The van der Waals surface area contributed by atoms with E-state index in [1.807, 2.05) is 36.4 Å². The van der Waals surface area contributed by atoms with E-state index in [1.165, 1.54) is 23.1 Å². The van der Waals surface area contributed by atoms with Gasteiger partial charge >= 0.3 is 0 Å². The number of nitrogens with zero attached hydrogens (tertiary/aromatic N) is 2. The van der Waals surface area contributed by atoms with Crippen molar-refractivity contribution in [3.8, 4) is 22.5 Å². The monoisotopic (exact) mass is 344 g/mol. The molecule has 0 aliphatic rings. The molecule has 3 nitrogen and oxygen atoms in total. The molecule has 2 aromatic carbocycles. The first-order chi connectivity index (χ1) is 10.7. The molecular weight excluding hydrogens is 336 g/mol. The number of nitriles is 1. The number of thiazole rings is 1.